The number of halogens is 1. The van der Waals surface area contributed by atoms with Crippen molar-refractivity contribution in [2.24, 2.45) is 0 Å². The van der Waals surface area contributed by atoms with Gasteiger partial charge in [0, 0.05) is 5.56 Å². The molecule has 0 saturated carbocycles. The largest absolute Gasteiger partial charge is 0.274 e. The fourth-order valence-corrected chi connectivity index (χ4v) is 2.36. The molecule has 0 unspecified atom stereocenters. The Bertz CT molecular complexity index is 808. The molecule has 0 spiro atoms. The summed E-state index contributed by atoms with van der Waals surface area (Å²) in [6, 6.07) is 12.2. The first-order valence-corrected chi connectivity index (χ1v) is 6.26. The van der Waals surface area contributed by atoms with Gasteiger partial charge in [0.25, 0.3) is 5.91 Å². The third-order valence-electron chi connectivity index (χ3n) is 3.37. The molecule has 3 rings (SSSR count). The van der Waals surface area contributed by atoms with Gasteiger partial charge in [-0.2, -0.15) is 5.26 Å². The first kappa shape index (κ1) is 13.0. The van der Waals surface area contributed by atoms with Gasteiger partial charge in [-0.1, -0.05) is 18.2 Å². The van der Waals surface area contributed by atoms with Crippen LogP contribution in [0.4, 0.5) is 10.1 Å². The molecular weight excluding hydrogens is 271 g/mol. The highest BCUT2D eigenvalue weighted by atomic mass is 19.1. The number of rotatable bonds is 1. The van der Waals surface area contributed by atoms with E-state index in [1.807, 2.05) is 0 Å². The second-order valence-corrected chi connectivity index (χ2v) is 4.64. The van der Waals surface area contributed by atoms with E-state index in [1.54, 1.807) is 30.3 Å². The van der Waals surface area contributed by atoms with Crippen molar-refractivity contribution in [3.63, 3.8) is 0 Å². The summed E-state index contributed by atoms with van der Waals surface area (Å²) in [5.74, 6) is -1.54. The molecule has 5 heteroatoms. The number of fused-ring (bicyclic) bond motifs is 1. The molecule has 0 N–H and O–H groups in total. The second kappa shape index (κ2) is 4.84. The number of benzene rings is 2. The zero-order valence-electron chi connectivity index (χ0n) is 10.8. The van der Waals surface area contributed by atoms with Crippen LogP contribution in [-0.2, 0) is 11.2 Å². The van der Waals surface area contributed by atoms with Crippen molar-refractivity contribution in [2.75, 3.05) is 4.90 Å². The lowest BCUT2D eigenvalue weighted by atomic mass is 9.98. The first-order valence-electron chi connectivity index (χ1n) is 6.26. The van der Waals surface area contributed by atoms with Crippen LogP contribution in [-0.4, -0.2) is 11.8 Å². The van der Waals surface area contributed by atoms with E-state index < -0.39 is 17.6 Å². The lowest BCUT2D eigenvalue weighted by Gasteiger charge is -2.26. The number of carbonyl (C=O) groups is 2. The number of anilines is 1. The standard InChI is InChI=1S/C16H9FN2O2/c17-14-6-5-12(7-11(14)9-18)19-15(20)8-10-3-1-2-4-13(10)16(19)21/h1-7H,8H2. The number of amides is 2. The third kappa shape index (κ3) is 2.07. The summed E-state index contributed by atoms with van der Waals surface area (Å²) < 4.78 is 13.4. The Morgan fingerprint density at radius 1 is 1.14 bits per heavy atom. The minimum Gasteiger partial charge on any atom is -0.274 e. The van der Waals surface area contributed by atoms with E-state index in [0.29, 0.717) is 11.1 Å². The van der Waals surface area contributed by atoms with Crippen LogP contribution in [0.5, 0.6) is 0 Å². The van der Waals surface area contributed by atoms with Gasteiger partial charge in [0.05, 0.1) is 17.7 Å². The molecule has 2 aromatic carbocycles. The molecule has 1 heterocycles. The predicted octanol–water partition coefficient (Wildman–Crippen LogP) is 2.43. The quantitative estimate of drug-likeness (QED) is 0.754. The van der Waals surface area contributed by atoms with Crippen molar-refractivity contribution in [3.05, 3.63) is 65.0 Å². The van der Waals surface area contributed by atoms with Crippen molar-refractivity contribution in [2.45, 2.75) is 6.42 Å². The molecule has 2 aromatic rings. The van der Waals surface area contributed by atoms with E-state index in [0.717, 1.165) is 11.0 Å². The van der Waals surface area contributed by atoms with Crippen LogP contribution in [0, 0.1) is 17.1 Å². The van der Waals surface area contributed by atoms with Gasteiger partial charge in [0.2, 0.25) is 5.91 Å². The van der Waals surface area contributed by atoms with Gasteiger partial charge in [-0.05, 0) is 29.8 Å². The van der Waals surface area contributed by atoms with E-state index in [-0.39, 0.29) is 17.7 Å². The van der Waals surface area contributed by atoms with Gasteiger partial charge in [0.15, 0.2) is 0 Å². The normalized spacial score (nSPS) is 13.8. The Hall–Kier alpha value is -3.00. The van der Waals surface area contributed by atoms with Gasteiger partial charge in [-0.15, -0.1) is 0 Å². The molecule has 0 atom stereocenters. The summed E-state index contributed by atoms with van der Waals surface area (Å²) in [5, 5.41) is 8.85. The van der Waals surface area contributed by atoms with Crippen LogP contribution in [0.2, 0.25) is 0 Å². The predicted molar refractivity (Wildman–Crippen MR) is 73.1 cm³/mol. The summed E-state index contributed by atoms with van der Waals surface area (Å²) in [6.07, 6.45) is 0.0984. The topological polar surface area (TPSA) is 61.2 Å². The van der Waals surface area contributed by atoms with Crippen molar-refractivity contribution in [3.8, 4) is 6.07 Å². The maximum absolute atomic E-state index is 13.4. The van der Waals surface area contributed by atoms with E-state index in [4.69, 9.17) is 5.26 Å². The number of carbonyl (C=O) groups excluding carboxylic acids is 2. The highest BCUT2D eigenvalue weighted by Gasteiger charge is 2.32. The second-order valence-electron chi connectivity index (χ2n) is 4.64. The number of hydrogen-bond acceptors (Lipinski definition) is 3. The molecule has 0 aliphatic carbocycles. The zero-order chi connectivity index (χ0) is 15.0. The van der Waals surface area contributed by atoms with Gasteiger partial charge < -0.3 is 0 Å². The molecular formula is C16H9FN2O2. The first-order chi connectivity index (χ1) is 10.1. The summed E-state index contributed by atoms with van der Waals surface area (Å²) in [7, 11) is 0. The Balaban J connectivity index is 2.10. The Labute approximate surface area is 120 Å². The molecule has 0 saturated heterocycles. The van der Waals surface area contributed by atoms with Crippen molar-refractivity contribution >= 4 is 17.5 Å². The maximum atomic E-state index is 13.4. The van der Waals surface area contributed by atoms with Crippen molar-refractivity contribution in [1.29, 1.82) is 5.26 Å². The van der Waals surface area contributed by atoms with Crippen molar-refractivity contribution in [1.82, 2.24) is 0 Å². The molecule has 2 amide bonds. The van der Waals surface area contributed by atoms with Gasteiger partial charge in [-0.3, -0.25) is 9.59 Å². The number of hydrogen-bond donors (Lipinski definition) is 0. The fourth-order valence-electron chi connectivity index (χ4n) is 2.36. The van der Waals surface area contributed by atoms with Crippen LogP contribution < -0.4 is 4.90 Å². The lowest BCUT2D eigenvalue weighted by Crippen LogP contribution is -2.42. The minimum atomic E-state index is -0.682. The van der Waals surface area contributed by atoms with E-state index in [2.05, 4.69) is 0 Å². The van der Waals surface area contributed by atoms with E-state index in [1.165, 1.54) is 12.1 Å². The van der Waals surface area contributed by atoms with Crippen LogP contribution >= 0.6 is 0 Å². The molecule has 102 valence electrons. The van der Waals surface area contributed by atoms with Crippen LogP contribution in [0.25, 0.3) is 0 Å². The van der Waals surface area contributed by atoms with E-state index >= 15 is 0 Å². The van der Waals surface area contributed by atoms with Crippen LogP contribution in [0.1, 0.15) is 21.5 Å². The molecule has 1 aliphatic rings. The summed E-state index contributed by atoms with van der Waals surface area (Å²) >= 11 is 0. The summed E-state index contributed by atoms with van der Waals surface area (Å²) in [6.45, 7) is 0. The summed E-state index contributed by atoms with van der Waals surface area (Å²) in [4.78, 5) is 25.6. The third-order valence-corrected chi connectivity index (χ3v) is 3.37. The van der Waals surface area contributed by atoms with E-state index in [9.17, 15) is 14.0 Å². The lowest BCUT2D eigenvalue weighted by molar-refractivity contribution is -0.117. The molecule has 21 heavy (non-hydrogen) atoms. The van der Waals surface area contributed by atoms with Crippen LogP contribution in [0.3, 0.4) is 0 Å². The Morgan fingerprint density at radius 3 is 2.67 bits per heavy atom. The zero-order valence-corrected chi connectivity index (χ0v) is 10.8. The highest BCUT2D eigenvalue weighted by Crippen LogP contribution is 2.26. The molecule has 0 bridgehead atoms. The average molecular weight is 280 g/mol. The fraction of sp³-hybridized carbons (Fsp3) is 0.0625. The Kier molecular flexibility index (Phi) is 2.99. The van der Waals surface area contributed by atoms with Gasteiger partial charge in [-0.25, -0.2) is 9.29 Å². The number of nitriles is 1. The van der Waals surface area contributed by atoms with Crippen molar-refractivity contribution < 1.29 is 14.0 Å². The minimum absolute atomic E-state index is 0.0984. The van der Waals surface area contributed by atoms with Crippen LogP contribution in [0.15, 0.2) is 42.5 Å². The monoisotopic (exact) mass is 280 g/mol. The molecule has 1 aliphatic heterocycles. The summed E-state index contributed by atoms with van der Waals surface area (Å²) in [5.41, 5.74) is 1.12. The molecule has 0 aromatic heterocycles. The number of imide groups is 1. The maximum Gasteiger partial charge on any atom is 0.265 e. The highest BCUT2D eigenvalue weighted by molar-refractivity contribution is 6.24. The molecule has 4 nitrogen and oxygen atoms in total. The molecule has 0 fully saturated rings. The SMILES string of the molecule is N#Cc1cc(N2C(=O)Cc3ccccc3C2=O)ccc1F. The number of nitrogens with zero attached hydrogens (tertiary/aromatic N) is 2. The average Bonchev–Trinajstić information content (AvgIpc) is 2.49. The van der Waals surface area contributed by atoms with Gasteiger partial charge >= 0.3 is 0 Å². The smallest absolute Gasteiger partial charge is 0.265 e. The Morgan fingerprint density at radius 2 is 1.90 bits per heavy atom. The van der Waals surface area contributed by atoms with Gasteiger partial charge in [0.1, 0.15) is 11.9 Å². The molecule has 0 radical (unpaired) electrons.